The van der Waals surface area contributed by atoms with Gasteiger partial charge in [-0.2, -0.15) is 0 Å². The maximum Gasteiger partial charge on any atom is 0.214 e. The molecule has 60 heavy (non-hydrogen) atoms. The van der Waals surface area contributed by atoms with E-state index in [1.54, 1.807) is 0 Å². The van der Waals surface area contributed by atoms with Gasteiger partial charge < -0.3 is 9.47 Å². The lowest BCUT2D eigenvalue weighted by atomic mass is 9.90. The van der Waals surface area contributed by atoms with Gasteiger partial charge in [-0.1, -0.05) is 158 Å². The summed E-state index contributed by atoms with van der Waals surface area (Å²) in [5, 5.41) is 14.6. The molecule has 0 aliphatic carbocycles. The molecule has 0 radical (unpaired) electrons. The lowest BCUT2D eigenvalue weighted by Gasteiger charge is -2.29. The number of hydrogen-bond donors (Lipinski definition) is 0. The van der Waals surface area contributed by atoms with Gasteiger partial charge in [0.1, 0.15) is 0 Å². The minimum Gasteiger partial charge on any atom is -0.313 e. The molecule has 0 N–H and O–H groups in total. The molecule has 0 unspecified atom stereocenters. The van der Waals surface area contributed by atoms with E-state index in [0.29, 0.717) is 0 Å². The molecule has 0 saturated carbocycles. The zero-order valence-electron chi connectivity index (χ0n) is 33.0. The van der Waals surface area contributed by atoms with E-state index in [1.807, 2.05) is 6.20 Å². The van der Waals surface area contributed by atoms with Crippen molar-refractivity contribution in [3.05, 3.63) is 212 Å². The maximum atomic E-state index is 5.17. The number of anilines is 6. The van der Waals surface area contributed by atoms with Crippen LogP contribution in [-0.4, -0.2) is 9.55 Å². The zero-order valence-corrected chi connectivity index (χ0v) is 33.0. The van der Waals surface area contributed by atoms with Gasteiger partial charge >= 0.3 is 0 Å². The molecule has 0 amide bonds. The molecule has 0 atom stereocenters. The van der Waals surface area contributed by atoms with Crippen LogP contribution in [0.1, 0.15) is 0 Å². The first-order valence-electron chi connectivity index (χ1n) is 20.5. The molecule has 12 rings (SSSR count). The second-order valence-electron chi connectivity index (χ2n) is 15.7. The minimum absolute atomic E-state index is 0.848. The number of para-hydroxylation sites is 1. The lowest BCUT2D eigenvalue weighted by molar-refractivity contribution is 0.904. The van der Waals surface area contributed by atoms with Crippen LogP contribution in [0, 0.1) is 0 Å². The van der Waals surface area contributed by atoms with Crippen molar-refractivity contribution < 1.29 is 0 Å². The Balaban J connectivity index is 1.06. The van der Waals surface area contributed by atoms with Crippen molar-refractivity contribution in [2.24, 2.45) is 7.05 Å². The highest BCUT2D eigenvalue weighted by molar-refractivity contribution is 6.28. The summed E-state index contributed by atoms with van der Waals surface area (Å²) in [7, 11) is 2.14. The molecule has 11 aromatic carbocycles. The number of fused-ring (bicyclic) bond motifs is 3. The summed E-state index contributed by atoms with van der Waals surface area (Å²) < 4.78 is 2.24. The quantitative estimate of drug-likeness (QED) is 0.151. The van der Waals surface area contributed by atoms with Crippen LogP contribution >= 0.6 is 0 Å². The number of benzene rings is 11. The highest BCUT2D eigenvalue weighted by atomic mass is 15.3. The predicted molar refractivity (Wildman–Crippen MR) is 254 cm³/mol. The van der Waals surface area contributed by atoms with Crippen molar-refractivity contribution in [3.8, 4) is 11.3 Å². The van der Waals surface area contributed by atoms with Crippen LogP contribution in [0.2, 0.25) is 0 Å². The summed E-state index contributed by atoms with van der Waals surface area (Å²) in [6.07, 6.45) is 2.03. The largest absolute Gasteiger partial charge is 0.313 e. The number of aromatic nitrogens is 2. The molecule has 4 heteroatoms. The molecular formula is C56H38N4. The third kappa shape index (κ3) is 5.35. The minimum atomic E-state index is 0.848. The first kappa shape index (κ1) is 34.1. The van der Waals surface area contributed by atoms with E-state index in [-0.39, 0.29) is 0 Å². The molecule has 0 aliphatic rings. The molecule has 282 valence electrons. The van der Waals surface area contributed by atoms with E-state index < -0.39 is 0 Å². The van der Waals surface area contributed by atoms with E-state index >= 15 is 0 Å². The van der Waals surface area contributed by atoms with Crippen LogP contribution in [0.25, 0.3) is 75.9 Å². The third-order valence-corrected chi connectivity index (χ3v) is 12.3. The first-order chi connectivity index (χ1) is 29.7. The van der Waals surface area contributed by atoms with Gasteiger partial charge in [-0.3, -0.25) is 4.90 Å². The van der Waals surface area contributed by atoms with Gasteiger partial charge in [0.15, 0.2) is 0 Å². The Morgan fingerprint density at radius 3 is 1.63 bits per heavy atom. The summed E-state index contributed by atoms with van der Waals surface area (Å²) in [6, 6.07) is 74.8. The summed E-state index contributed by atoms with van der Waals surface area (Å²) in [5.41, 5.74) is 7.73. The van der Waals surface area contributed by atoms with E-state index in [1.165, 1.54) is 64.6 Å². The van der Waals surface area contributed by atoms with Crippen molar-refractivity contribution in [1.82, 2.24) is 9.55 Å². The van der Waals surface area contributed by atoms with Gasteiger partial charge in [0.25, 0.3) is 0 Å². The fourth-order valence-corrected chi connectivity index (χ4v) is 9.46. The predicted octanol–water partition coefficient (Wildman–Crippen LogP) is 15.4. The third-order valence-electron chi connectivity index (χ3n) is 12.3. The lowest BCUT2D eigenvalue weighted by Crippen LogP contribution is -2.14. The van der Waals surface area contributed by atoms with E-state index in [0.717, 1.165) is 45.6 Å². The van der Waals surface area contributed by atoms with Crippen molar-refractivity contribution in [3.63, 3.8) is 0 Å². The molecule has 1 heterocycles. The standard InChI is InChI=1S/C56H38N4/c1-58-53(36-57-56(58)59(44-18-3-2-4-19-44)45-28-22-37-12-5-7-15-42(37)34-45)48-30-24-40-26-32-50-52(33-27-41-25-31-49(48)54(40)55(41)50)60(46-29-23-38-13-6-8-16-43(38)35-46)51-21-11-17-39-14-9-10-20-47(39)51/h2-36H,1H3. The van der Waals surface area contributed by atoms with Crippen molar-refractivity contribution >= 4 is 99.0 Å². The fraction of sp³-hybridized carbons (Fsp3) is 0.0179. The number of nitrogens with zero attached hydrogens (tertiary/aromatic N) is 4. The molecule has 0 spiro atoms. The van der Waals surface area contributed by atoms with Gasteiger partial charge in [-0.25, -0.2) is 4.98 Å². The Bertz CT molecular complexity index is 3580. The second-order valence-corrected chi connectivity index (χ2v) is 15.7. The van der Waals surface area contributed by atoms with E-state index in [9.17, 15) is 0 Å². The Morgan fingerprint density at radius 1 is 0.367 bits per heavy atom. The monoisotopic (exact) mass is 766 g/mol. The van der Waals surface area contributed by atoms with Crippen LogP contribution in [-0.2, 0) is 7.05 Å². The second kappa shape index (κ2) is 13.6. The highest BCUT2D eigenvalue weighted by Crippen LogP contribution is 2.47. The zero-order chi connectivity index (χ0) is 39.7. The molecule has 0 aliphatic heterocycles. The topological polar surface area (TPSA) is 24.3 Å². The van der Waals surface area contributed by atoms with Gasteiger partial charge in [-0.05, 0) is 102 Å². The van der Waals surface area contributed by atoms with Crippen LogP contribution in [0.5, 0.6) is 0 Å². The molecule has 1 aromatic heterocycles. The van der Waals surface area contributed by atoms with Crippen LogP contribution < -0.4 is 9.80 Å². The molecule has 0 bridgehead atoms. The van der Waals surface area contributed by atoms with Crippen LogP contribution in [0.3, 0.4) is 0 Å². The molecule has 0 fully saturated rings. The van der Waals surface area contributed by atoms with E-state index in [4.69, 9.17) is 4.98 Å². The van der Waals surface area contributed by atoms with Crippen LogP contribution in [0.15, 0.2) is 212 Å². The number of imidazole rings is 1. The van der Waals surface area contributed by atoms with Gasteiger partial charge in [0, 0.05) is 40.4 Å². The summed E-state index contributed by atoms with van der Waals surface area (Å²) in [4.78, 5) is 9.88. The van der Waals surface area contributed by atoms with Gasteiger partial charge in [0.2, 0.25) is 5.95 Å². The number of hydrogen-bond acceptors (Lipinski definition) is 3. The maximum absolute atomic E-state index is 5.17. The van der Waals surface area contributed by atoms with Gasteiger partial charge in [0.05, 0.1) is 23.3 Å². The van der Waals surface area contributed by atoms with Crippen molar-refractivity contribution in [2.45, 2.75) is 0 Å². The smallest absolute Gasteiger partial charge is 0.214 e. The Kier molecular flexibility index (Phi) is 7.72. The molecule has 12 aromatic rings. The highest BCUT2D eigenvalue weighted by Gasteiger charge is 2.24. The first-order valence-corrected chi connectivity index (χ1v) is 20.5. The summed E-state index contributed by atoms with van der Waals surface area (Å²) in [6.45, 7) is 0. The van der Waals surface area contributed by atoms with E-state index in [2.05, 4.69) is 228 Å². The normalized spacial score (nSPS) is 11.8. The number of rotatable bonds is 7. The Labute approximate surface area is 347 Å². The fourth-order valence-electron chi connectivity index (χ4n) is 9.46. The summed E-state index contributed by atoms with van der Waals surface area (Å²) >= 11 is 0. The van der Waals surface area contributed by atoms with Crippen molar-refractivity contribution in [1.29, 1.82) is 0 Å². The Hall–Kier alpha value is -7.95. The molecule has 0 saturated heterocycles. The Morgan fingerprint density at radius 2 is 0.900 bits per heavy atom. The average molecular weight is 767 g/mol. The van der Waals surface area contributed by atoms with Gasteiger partial charge in [-0.15, -0.1) is 0 Å². The molecule has 4 nitrogen and oxygen atoms in total. The summed E-state index contributed by atoms with van der Waals surface area (Å²) in [5.74, 6) is 0.848. The van der Waals surface area contributed by atoms with Crippen molar-refractivity contribution in [2.75, 3.05) is 9.80 Å². The molecular weight excluding hydrogens is 729 g/mol. The average Bonchev–Trinajstić information content (AvgIpc) is 3.68. The SMILES string of the molecule is Cn1c(-c2ccc3ccc4c(N(c5ccc6ccccc6c5)c5cccc6ccccc56)ccc5ccc2c3c54)cnc1N(c1ccccc1)c1ccc2ccccc2c1. The van der Waals surface area contributed by atoms with Crippen LogP contribution in [0.4, 0.5) is 34.4 Å².